The van der Waals surface area contributed by atoms with Crippen molar-refractivity contribution in [3.05, 3.63) is 60.7 Å². The third-order valence-corrected chi connectivity index (χ3v) is 8.18. The average Bonchev–Trinajstić information content (AvgIpc) is 3.10. The first kappa shape index (κ1) is 22.5. The van der Waals surface area contributed by atoms with Crippen LogP contribution in [-0.2, 0) is 13.6 Å². The first-order chi connectivity index (χ1) is 14.3. The lowest BCUT2D eigenvalue weighted by molar-refractivity contribution is 0.210. The number of anilines is 2. The van der Waals surface area contributed by atoms with Crippen molar-refractivity contribution in [2.24, 2.45) is 0 Å². The molecule has 0 saturated heterocycles. The predicted molar refractivity (Wildman–Crippen MR) is 127 cm³/mol. The van der Waals surface area contributed by atoms with E-state index in [1.54, 1.807) is 13.8 Å². The molecule has 0 fully saturated rings. The van der Waals surface area contributed by atoms with Crippen LogP contribution in [0.2, 0.25) is 19.6 Å². The molecule has 0 aliphatic heterocycles. The van der Waals surface area contributed by atoms with Gasteiger partial charge in [-0.25, -0.2) is 4.57 Å². The molecule has 0 amide bonds. The molecule has 2 aromatic carbocycles. The van der Waals surface area contributed by atoms with Crippen LogP contribution in [0.4, 0.5) is 11.4 Å². The Labute approximate surface area is 179 Å². The van der Waals surface area contributed by atoms with Crippen LogP contribution in [0.1, 0.15) is 13.8 Å². The Hall–Kier alpha value is -2.18. The van der Waals surface area contributed by atoms with Crippen molar-refractivity contribution in [2.75, 3.05) is 18.5 Å². The normalized spacial score (nSPS) is 12.2. The molecule has 0 radical (unpaired) electrons. The summed E-state index contributed by atoms with van der Waals surface area (Å²) < 4.78 is 26.6. The number of aromatic nitrogens is 2. The van der Waals surface area contributed by atoms with Gasteiger partial charge < -0.3 is 5.32 Å². The van der Waals surface area contributed by atoms with E-state index in [0.717, 1.165) is 22.3 Å². The molecule has 30 heavy (non-hydrogen) atoms. The second-order valence-electron chi connectivity index (χ2n) is 7.87. The van der Waals surface area contributed by atoms with Gasteiger partial charge >= 0.3 is 7.75 Å². The quantitative estimate of drug-likeness (QED) is 0.331. The van der Waals surface area contributed by atoms with Crippen molar-refractivity contribution < 1.29 is 13.6 Å². The summed E-state index contributed by atoms with van der Waals surface area (Å²) in [5.74, 6) is 0. The number of nitrogens with zero attached hydrogens (tertiary/aromatic N) is 2. The molecular formula is C22H30N3O3PSi. The molecule has 0 spiro atoms. The number of para-hydroxylation sites is 1. The van der Waals surface area contributed by atoms with E-state index in [9.17, 15) is 4.57 Å². The van der Waals surface area contributed by atoms with Crippen LogP contribution in [-0.4, -0.2) is 30.8 Å². The van der Waals surface area contributed by atoms with Crippen molar-refractivity contribution in [2.45, 2.75) is 33.5 Å². The second kappa shape index (κ2) is 9.31. The summed E-state index contributed by atoms with van der Waals surface area (Å²) >= 11 is 0. The molecule has 0 aliphatic rings. The van der Waals surface area contributed by atoms with Gasteiger partial charge in [0.05, 0.1) is 24.2 Å². The van der Waals surface area contributed by atoms with E-state index in [2.05, 4.69) is 25.0 Å². The summed E-state index contributed by atoms with van der Waals surface area (Å²) in [6.07, 6.45) is 0. The van der Waals surface area contributed by atoms with E-state index in [1.807, 2.05) is 60.7 Å². The Morgan fingerprint density at radius 2 is 1.47 bits per heavy atom. The zero-order chi connectivity index (χ0) is 21.8. The van der Waals surface area contributed by atoms with Crippen molar-refractivity contribution in [3.63, 3.8) is 0 Å². The number of nitrogens with one attached hydrogen (secondary N) is 1. The highest BCUT2D eigenvalue weighted by molar-refractivity contribution is 7.52. The second-order valence-corrected chi connectivity index (χ2v) is 14.7. The van der Waals surface area contributed by atoms with E-state index < -0.39 is 15.8 Å². The largest absolute Gasteiger partial charge is 0.455 e. The molecular weight excluding hydrogens is 413 g/mol. The maximum absolute atomic E-state index is 13.8. The Morgan fingerprint density at radius 1 is 0.933 bits per heavy atom. The highest BCUT2D eigenvalue weighted by Gasteiger charge is 2.37. The molecule has 8 heteroatoms. The molecule has 0 unspecified atom stereocenters. The summed E-state index contributed by atoms with van der Waals surface area (Å²) in [7, 11) is -5.59. The Kier molecular flexibility index (Phi) is 6.98. The third kappa shape index (κ3) is 4.76. The van der Waals surface area contributed by atoms with Gasteiger partial charge in [0.25, 0.3) is 0 Å². The van der Waals surface area contributed by atoms with E-state index in [-0.39, 0.29) is 13.2 Å². The van der Waals surface area contributed by atoms with Crippen molar-refractivity contribution in [3.8, 4) is 11.3 Å². The van der Waals surface area contributed by atoms with Gasteiger partial charge in [0, 0.05) is 11.3 Å². The highest BCUT2D eigenvalue weighted by Crippen LogP contribution is 2.52. The average molecular weight is 444 g/mol. The van der Waals surface area contributed by atoms with Crippen LogP contribution >= 0.6 is 7.75 Å². The molecule has 3 aromatic rings. The van der Waals surface area contributed by atoms with Crippen molar-refractivity contribution >= 4 is 32.5 Å². The van der Waals surface area contributed by atoms with Gasteiger partial charge in [-0.15, -0.1) is 0 Å². The Balaban J connectivity index is 2.33. The van der Waals surface area contributed by atoms with Gasteiger partial charge in [-0.05, 0) is 26.0 Å². The van der Waals surface area contributed by atoms with Crippen LogP contribution < -0.4 is 10.6 Å². The van der Waals surface area contributed by atoms with E-state index in [0.29, 0.717) is 5.69 Å². The molecule has 1 aromatic heterocycles. The topological polar surface area (TPSA) is 65.4 Å². The zero-order valence-electron chi connectivity index (χ0n) is 18.3. The Morgan fingerprint density at radius 3 is 1.97 bits per heavy atom. The lowest BCUT2D eigenvalue weighted by Crippen LogP contribution is -2.40. The molecule has 160 valence electrons. The molecule has 3 rings (SSSR count). The number of benzene rings is 2. The maximum Gasteiger partial charge on any atom is 0.455 e. The SMILES string of the molecule is CCOP(=O)(OCC)n1nc([Si](C)(C)C)c(Nc2ccccc2)c1-c1ccccc1. The van der Waals surface area contributed by atoms with Crippen molar-refractivity contribution in [1.82, 2.24) is 9.55 Å². The van der Waals surface area contributed by atoms with Gasteiger partial charge in [-0.2, -0.15) is 9.55 Å². The van der Waals surface area contributed by atoms with Crippen LogP contribution in [0.5, 0.6) is 0 Å². The fourth-order valence-electron chi connectivity index (χ4n) is 3.22. The van der Waals surface area contributed by atoms with Gasteiger partial charge in [-0.1, -0.05) is 68.2 Å². The van der Waals surface area contributed by atoms with E-state index in [1.165, 1.54) is 4.45 Å². The molecule has 1 heterocycles. The standard InChI is InChI=1S/C22H30N3O3PSi/c1-6-27-29(26,28-7-2)25-21(18-14-10-8-11-15-18)20(22(24-25)30(3,4)5)23-19-16-12-9-13-17-19/h8-17,23H,6-7H2,1-5H3. The number of hydrogen-bond donors (Lipinski definition) is 1. The molecule has 1 N–H and O–H groups in total. The van der Waals surface area contributed by atoms with Gasteiger partial charge in [0.1, 0.15) is 13.8 Å². The molecule has 0 aliphatic carbocycles. The minimum atomic E-state index is -3.67. The first-order valence-corrected chi connectivity index (χ1v) is 15.2. The minimum absolute atomic E-state index is 0.259. The van der Waals surface area contributed by atoms with Crippen LogP contribution in [0, 0.1) is 0 Å². The molecule has 0 saturated carbocycles. The summed E-state index contributed by atoms with van der Waals surface area (Å²) in [5, 5.41) is 9.33. The van der Waals surface area contributed by atoms with E-state index >= 15 is 0 Å². The maximum atomic E-state index is 13.8. The van der Waals surface area contributed by atoms with E-state index in [4.69, 9.17) is 14.1 Å². The third-order valence-electron chi connectivity index (χ3n) is 4.49. The number of hydrogen-bond acceptors (Lipinski definition) is 5. The Bertz CT molecular complexity index is 1010. The van der Waals surface area contributed by atoms with Gasteiger partial charge in [0.15, 0.2) is 0 Å². The van der Waals surface area contributed by atoms with Gasteiger partial charge in [-0.3, -0.25) is 9.05 Å². The van der Waals surface area contributed by atoms with Crippen LogP contribution in [0.15, 0.2) is 60.7 Å². The minimum Gasteiger partial charge on any atom is -0.353 e. The molecule has 6 nitrogen and oxygen atoms in total. The fraction of sp³-hybridized carbons (Fsp3) is 0.318. The van der Waals surface area contributed by atoms with Crippen LogP contribution in [0.25, 0.3) is 11.3 Å². The van der Waals surface area contributed by atoms with Crippen molar-refractivity contribution in [1.29, 1.82) is 0 Å². The predicted octanol–water partition coefficient (Wildman–Crippen LogP) is 5.87. The monoisotopic (exact) mass is 443 g/mol. The molecule has 0 bridgehead atoms. The van der Waals surface area contributed by atoms with Crippen LogP contribution in [0.3, 0.4) is 0 Å². The first-order valence-electron chi connectivity index (χ1n) is 10.2. The molecule has 0 atom stereocenters. The summed E-state index contributed by atoms with van der Waals surface area (Å²) in [4.78, 5) is 0. The number of rotatable bonds is 9. The summed E-state index contributed by atoms with van der Waals surface area (Å²) in [6.45, 7) is 10.8. The lowest BCUT2D eigenvalue weighted by atomic mass is 10.1. The summed E-state index contributed by atoms with van der Waals surface area (Å²) in [5.41, 5.74) is 3.40. The smallest absolute Gasteiger partial charge is 0.353 e. The fourth-order valence-corrected chi connectivity index (χ4v) is 6.24. The zero-order valence-corrected chi connectivity index (χ0v) is 20.1. The highest BCUT2D eigenvalue weighted by atomic mass is 31.2. The lowest BCUT2D eigenvalue weighted by Gasteiger charge is -2.19. The van der Waals surface area contributed by atoms with Gasteiger partial charge in [0.2, 0.25) is 0 Å². The summed E-state index contributed by atoms with van der Waals surface area (Å²) in [6, 6.07) is 19.8.